The molecule has 0 aliphatic carbocycles. The summed E-state index contributed by atoms with van der Waals surface area (Å²) in [6.07, 6.45) is 3.40. The number of ether oxygens (including phenoxy) is 3. The van der Waals surface area contributed by atoms with Crippen molar-refractivity contribution >= 4 is 11.8 Å². The molecule has 0 N–H and O–H groups in total. The summed E-state index contributed by atoms with van der Waals surface area (Å²) >= 11 is 0. The normalized spacial score (nSPS) is 10.7. The second-order valence-electron chi connectivity index (χ2n) is 7.98. The maximum Gasteiger partial charge on any atom is 0.298 e. The van der Waals surface area contributed by atoms with Gasteiger partial charge in [-0.1, -0.05) is 26.7 Å². The van der Waals surface area contributed by atoms with E-state index in [4.69, 9.17) is 19.0 Å². The summed E-state index contributed by atoms with van der Waals surface area (Å²) in [5.74, 6) is 0.355. The molecule has 2 amide bonds. The molecule has 0 atom stereocenters. The van der Waals surface area contributed by atoms with Crippen molar-refractivity contribution in [3.8, 4) is 22.9 Å². The number of hydrogen-bond acceptors (Lipinski definition) is 6. The number of amides is 2. The number of unbranched alkanes of at least 4 members (excludes halogenated alkanes) is 2. The standard InChI is InChI=1S/C25H37N3O6/c1-8-10-16-33-22-20(24(29)26(3)4)28(18-12-14-19(31-6)15-13-18)21(25(30)27(5)32-7)23(22)34-17-11-9-2/h12-15H,8-11,16-17H2,1-7H3. The number of carbonyl (C=O) groups is 2. The molecular weight excluding hydrogens is 438 g/mol. The van der Waals surface area contributed by atoms with Crippen molar-refractivity contribution in [2.75, 3.05) is 48.6 Å². The molecule has 0 radical (unpaired) electrons. The van der Waals surface area contributed by atoms with Gasteiger partial charge in [-0.3, -0.25) is 19.0 Å². The molecule has 0 saturated carbocycles. The van der Waals surface area contributed by atoms with Gasteiger partial charge in [0.25, 0.3) is 11.8 Å². The van der Waals surface area contributed by atoms with Crippen LogP contribution in [0, 0.1) is 0 Å². The van der Waals surface area contributed by atoms with Gasteiger partial charge in [0.2, 0.25) is 0 Å². The van der Waals surface area contributed by atoms with E-state index in [1.54, 1.807) is 50.0 Å². The number of hydroxylamine groups is 2. The quantitative estimate of drug-likeness (QED) is 0.319. The van der Waals surface area contributed by atoms with Crippen LogP contribution in [0.4, 0.5) is 0 Å². The van der Waals surface area contributed by atoms with Crippen LogP contribution in [-0.4, -0.2) is 74.9 Å². The molecular formula is C25H37N3O6. The highest BCUT2D eigenvalue weighted by molar-refractivity contribution is 6.04. The van der Waals surface area contributed by atoms with E-state index < -0.39 is 5.91 Å². The Hall–Kier alpha value is -3.20. The van der Waals surface area contributed by atoms with E-state index in [0.717, 1.165) is 30.7 Å². The molecule has 0 unspecified atom stereocenters. The smallest absolute Gasteiger partial charge is 0.298 e. The van der Waals surface area contributed by atoms with E-state index in [1.807, 2.05) is 0 Å². The van der Waals surface area contributed by atoms with Gasteiger partial charge in [-0.2, -0.15) is 0 Å². The first-order valence-electron chi connectivity index (χ1n) is 11.5. The average molecular weight is 476 g/mol. The van der Waals surface area contributed by atoms with E-state index in [1.165, 1.54) is 19.1 Å². The Morgan fingerprint density at radius 2 is 1.32 bits per heavy atom. The number of rotatable bonds is 13. The minimum absolute atomic E-state index is 0.155. The molecule has 0 spiro atoms. The van der Waals surface area contributed by atoms with Crippen molar-refractivity contribution in [2.24, 2.45) is 0 Å². The lowest BCUT2D eigenvalue weighted by atomic mass is 10.2. The van der Waals surface area contributed by atoms with Gasteiger partial charge in [-0.05, 0) is 37.1 Å². The lowest BCUT2D eigenvalue weighted by Gasteiger charge is -2.19. The van der Waals surface area contributed by atoms with Gasteiger partial charge in [0, 0.05) is 26.8 Å². The lowest BCUT2D eigenvalue weighted by molar-refractivity contribution is -0.0763. The van der Waals surface area contributed by atoms with Crippen LogP contribution in [0.15, 0.2) is 24.3 Å². The Kier molecular flexibility index (Phi) is 10.2. The van der Waals surface area contributed by atoms with Crippen LogP contribution in [0.2, 0.25) is 0 Å². The predicted octanol–water partition coefficient (Wildman–Crippen LogP) is 4.18. The second-order valence-corrected chi connectivity index (χ2v) is 7.98. The first-order valence-corrected chi connectivity index (χ1v) is 11.5. The van der Waals surface area contributed by atoms with Crippen molar-refractivity contribution in [2.45, 2.75) is 39.5 Å². The molecule has 0 aliphatic rings. The van der Waals surface area contributed by atoms with Crippen LogP contribution in [-0.2, 0) is 4.84 Å². The maximum atomic E-state index is 13.5. The van der Waals surface area contributed by atoms with Crippen LogP contribution in [0.3, 0.4) is 0 Å². The Bertz CT molecular complexity index is 953. The van der Waals surface area contributed by atoms with Gasteiger partial charge in [-0.15, -0.1) is 0 Å². The van der Waals surface area contributed by atoms with Gasteiger partial charge in [0.1, 0.15) is 5.75 Å². The third-order valence-corrected chi connectivity index (χ3v) is 5.27. The summed E-state index contributed by atoms with van der Waals surface area (Å²) < 4.78 is 19.1. The molecule has 1 aromatic heterocycles. The van der Waals surface area contributed by atoms with Crippen molar-refractivity contribution in [1.29, 1.82) is 0 Å². The van der Waals surface area contributed by atoms with E-state index in [0.29, 0.717) is 24.7 Å². The molecule has 188 valence electrons. The third kappa shape index (κ3) is 6.02. The van der Waals surface area contributed by atoms with Crippen LogP contribution in [0.25, 0.3) is 5.69 Å². The monoisotopic (exact) mass is 475 g/mol. The zero-order valence-electron chi connectivity index (χ0n) is 21.3. The average Bonchev–Trinajstić information content (AvgIpc) is 3.16. The maximum absolute atomic E-state index is 13.5. The number of methoxy groups -OCH3 is 1. The summed E-state index contributed by atoms with van der Waals surface area (Å²) in [4.78, 5) is 33.6. The number of benzene rings is 1. The second kappa shape index (κ2) is 12.9. The van der Waals surface area contributed by atoms with Crippen molar-refractivity contribution in [3.05, 3.63) is 35.7 Å². The molecule has 1 aromatic carbocycles. The number of nitrogens with zero attached hydrogens (tertiary/aromatic N) is 3. The Balaban J connectivity index is 2.90. The highest BCUT2D eigenvalue weighted by Crippen LogP contribution is 2.42. The van der Waals surface area contributed by atoms with E-state index in [2.05, 4.69) is 13.8 Å². The minimum atomic E-state index is -0.469. The van der Waals surface area contributed by atoms with Gasteiger partial charge >= 0.3 is 0 Å². The molecule has 2 aromatic rings. The van der Waals surface area contributed by atoms with Crippen LogP contribution in [0.5, 0.6) is 17.2 Å². The largest absolute Gasteiger partial charge is 0.497 e. The molecule has 0 aliphatic heterocycles. The molecule has 0 bridgehead atoms. The van der Waals surface area contributed by atoms with Crippen molar-refractivity contribution in [3.63, 3.8) is 0 Å². The van der Waals surface area contributed by atoms with Crippen LogP contribution in [0.1, 0.15) is 60.5 Å². The fraction of sp³-hybridized carbons (Fsp3) is 0.520. The molecule has 34 heavy (non-hydrogen) atoms. The van der Waals surface area contributed by atoms with Gasteiger partial charge in [-0.25, -0.2) is 5.06 Å². The first-order chi connectivity index (χ1) is 16.3. The Morgan fingerprint density at radius 1 is 0.824 bits per heavy atom. The minimum Gasteiger partial charge on any atom is -0.497 e. The molecule has 2 rings (SSSR count). The van der Waals surface area contributed by atoms with Gasteiger partial charge in [0.05, 0.1) is 27.4 Å². The number of hydrogen-bond donors (Lipinski definition) is 0. The van der Waals surface area contributed by atoms with Gasteiger partial charge in [0.15, 0.2) is 22.9 Å². The summed E-state index contributed by atoms with van der Waals surface area (Å²) in [6, 6.07) is 7.09. The Morgan fingerprint density at radius 3 is 1.74 bits per heavy atom. The highest BCUT2D eigenvalue weighted by atomic mass is 16.7. The van der Waals surface area contributed by atoms with Crippen molar-refractivity contribution < 1.29 is 28.6 Å². The molecule has 0 saturated heterocycles. The van der Waals surface area contributed by atoms with E-state index in [9.17, 15) is 9.59 Å². The van der Waals surface area contributed by atoms with Gasteiger partial charge < -0.3 is 19.1 Å². The lowest BCUT2D eigenvalue weighted by Crippen LogP contribution is -2.30. The summed E-state index contributed by atoms with van der Waals surface area (Å²) in [6.45, 7) is 4.86. The third-order valence-electron chi connectivity index (χ3n) is 5.27. The fourth-order valence-corrected chi connectivity index (χ4v) is 3.25. The molecule has 0 fully saturated rings. The Labute approximate surface area is 202 Å². The summed E-state index contributed by atoms with van der Waals surface area (Å²) in [7, 11) is 7.80. The molecule has 9 nitrogen and oxygen atoms in total. The highest BCUT2D eigenvalue weighted by Gasteiger charge is 2.36. The number of aromatic nitrogens is 1. The summed E-state index contributed by atoms with van der Waals surface area (Å²) in [5, 5.41) is 1.10. The predicted molar refractivity (Wildman–Crippen MR) is 130 cm³/mol. The zero-order valence-corrected chi connectivity index (χ0v) is 21.3. The zero-order chi connectivity index (χ0) is 25.3. The topological polar surface area (TPSA) is 82.5 Å². The first kappa shape index (κ1) is 27.0. The fourth-order valence-electron chi connectivity index (χ4n) is 3.25. The summed E-state index contributed by atoms with van der Waals surface area (Å²) in [5.41, 5.74) is 0.956. The van der Waals surface area contributed by atoms with Crippen LogP contribution >= 0.6 is 0 Å². The molecule has 9 heteroatoms. The van der Waals surface area contributed by atoms with Crippen LogP contribution < -0.4 is 14.2 Å². The van der Waals surface area contributed by atoms with Crippen molar-refractivity contribution in [1.82, 2.24) is 14.5 Å². The van der Waals surface area contributed by atoms with E-state index in [-0.39, 0.29) is 28.8 Å². The van der Waals surface area contributed by atoms with E-state index >= 15 is 0 Å². The molecule has 1 heterocycles. The number of carbonyl (C=O) groups excluding carboxylic acids is 2. The SMILES string of the molecule is CCCCOc1c(OCCCC)c(C(=O)N(C)OC)n(-c2ccc(OC)cc2)c1C(=O)N(C)C.